The van der Waals surface area contributed by atoms with Gasteiger partial charge in [-0.05, 0) is 30.5 Å². The molecule has 2 aromatic heterocycles. The molecule has 7 rings (SSSR count). The van der Waals surface area contributed by atoms with Crippen LogP contribution in [0, 0.1) is 6.92 Å². The molecule has 55 heavy (non-hydrogen) atoms. The van der Waals surface area contributed by atoms with E-state index in [1.807, 2.05) is 54.6 Å². The van der Waals surface area contributed by atoms with E-state index in [0.29, 0.717) is 28.4 Å². The third-order valence-electron chi connectivity index (χ3n) is 7.84. The molecular weight excluding hydrogens is 696 g/mol. The first-order chi connectivity index (χ1) is 25.6. The molecule has 0 unspecified atom stereocenters. The molecule has 7 aromatic rings. The molecule has 0 amide bonds. The Morgan fingerprint density at radius 1 is 0.564 bits per heavy atom. The number of benzene rings is 5. The topological polar surface area (TPSA) is 140 Å². The number of phenols is 3. The summed E-state index contributed by atoms with van der Waals surface area (Å²) in [6.45, 7) is 8.20. The van der Waals surface area contributed by atoms with Gasteiger partial charge in [0, 0.05) is 29.3 Å². The van der Waals surface area contributed by atoms with E-state index in [2.05, 4.69) is 45.0 Å². The van der Waals surface area contributed by atoms with Crippen LogP contribution in [0.5, 0.6) is 28.7 Å². The number of methoxy groups -OCH3 is 2. The van der Waals surface area contributed by atoms with Gasteiger partial charge in [0.2, 0.25) is 5.75 Å². The smallest absolute Gasteiger partial charge is 0.203 e. The number of fused-ring (bicyclic) bond motifs is 2. The number of rotatable bonds is 5. The zero-order valence-corrected chi connectivity index (χ0v) is 30.7. The summed E-state index contributed by atoms with van der Waals surface area (Å²) in [7, 11) is 2.74. The highest BCUT2D eigenvalue weighted by atomic mass is 16.5. The molecule has 9 heteroatoms. The largest absolute Gasteiger partial charge is 0.504 e. The number of hydrogen-bond donors (Lipinski definition) is 3. The Bertz CT molecular complexity index is 2220. The van der Waals surface area contributed by atoms with Crippen molar-refractivity contribution in [2.75, 3.05) is 14.2 Å². The van der Waals surface area contributed by atoms with Gasteiger partial charge in [0.1, 0.15) is 33.5 Å². The van der Waals surface area contributed by atoms with Crippen LogP contribution in [-0.4, -0.2) is 29.5 Å². The van der Waals surface area contributed by atoms with E-state index < -0.39 is 11.2 Å². The Morgan fingerprint density at radius 3 is 1.33 bits per heavy atom. The maximum atomic E-state index is 12.3. The van der Waals surface area contributed by atoms with Crippen molar-refractivity contribution in [2.24, 2.45) is 0 Å². The number of aryl methyl sites for hydroxylation is 2. The quantitative estimate of drug-likeness (QED) is 0.157. The molecule has 0 aliphatic rings. The van der Waals surface area contributed by atoms with Crippen LogP contribution in [0.3, 0.4) is 0 Å². The van der Waals surface area contributed by atoms with Crippen LogP contribution in [0.25, 0.3) is 44.6 Å². The lowest BCUT2D eigenvalue weighted by atomic mass is 10.1. The Hall–Kier alpha value is -6.48. The standard InChI is InChI=1S/C17H14O4.C16H12O5.C8H10.C3H8.2CH4/c1-10-8-14-15(16(19)17(10)20-2)12(18)9-13(21-14)11-6-4-3-5-7-11;1-20-16-11(18)8-13-14(15(16)19)10(17)7-12(21-13)9-5-3-2-4-6-9;1-2-8-6-4-3-5-7-8;1-3-2;;/h3-9,19H,1-2H3;2-8,18-19H,1H3;3-7H,2H2,1H3;3H2,1-2H3;2*1H4. The molecule has 0 saturated heterocycles. The molecule has 290 valence electrons. The van der Waals surface area contributed by atoms with E-state index in [1.165, 1.54) is 44.4 Å². The van der Waals surface area contributed by atoms with Crippen molar-refractivity contribution in [3.8, 4) is 51.4 Å². The summed E-state index contributed by atoms with van der Waals surface area (Å²) < 4.78 is 21.4. The Labute approximate surface area is 322 Å². The third-order valence-corrected chi connectivity index (χ3v) is 7.84. The molecule has 3 N–H and O–H groups in total. The van der Waals surface area contributed by atoms with E-state index >= 15 is 0 Å². The van der Waals surface area contributed by atoms with Crippen molar-refractivity contribution in [2.45, 2.75) is 55.4 Å². The summed E-state index contributed by atoms with van der Waals surface area (Å²) in [5.41, 5.74) is 3.38. The Balaban J connectivity index is 0.000000292. The van der Waals surface area contributed by atoms with Gasteiger partial charge >= 0.3 is 0 Å². The van der Waals surface area contributed by atoms with Crippen LogP contribution >= 0.6 is 0 Å². The number of phenolic OH excluding ortho intramolecular Hbond substituents is 3. The summed E-state index contributed by atoms with van der Waals surface area (Å²) in [6, 6.07) is 34.5. The molecule has 9 nitrogen and oxygen atoms in total. The highest BCUT2D eigenvalue weighted by Crippen LogP contribution is 2.41. The van der Waals surface area contributed by atoms with E-state index in [9.17, 15) is 24.9 Å². The average molecular weight is 749 g/mol. The molecule has 2 heterocycles. The normalized spacial score (nSPS) is 9.85. The predicted molar refractivity (Wildman–Crippen MR) is 224 cm³/mol. The van der Waals surface area contributed by atoms with Crippen molar-refractivity contribution in [3.05, 3.63) is 147 Å². The molecular formula is C46H52O9. The van der Waals surface area contributed by atoms with Gasteiger partial charge in [-0.1, -0.05) is 133 Å². The first-order valence-electron chi connectivity index (χ1n) is 17.1. The highest BCUT2D eigenvalue weighted by molar-refractivity contribution is 5.90. The van der Waals surface area contributed by atoms with Crippen molar-refractivity contribution < 1.29 is 33.6 Å². The fraction of sp³-hybridized carbons (Fsp3) is 0.217. The average Bonchev–Trinajstić information content (AvgIpc) is 3.16. The SMILES string of the molecule is C.C.CCC.CCc1ccccc1.COc1c(C)cc2oc(-c3ccccc3)cc(=O)c2c1O.COc1c(O)cc2oc(-c3ccccc3)cc(=O)c2c1O. The second-order valence-corrected chi connectivity index (χ2v) is 11.8. The number of hydrogen-bond acceptors (Lipinski definition) is 9. The minimum Gasteiger partial charge on any atom is -0.504 e. The maximum Gasteiger partial charge on any atom is 0.203 e. The van der Waals surface area contributed by atoms with E-state index in [1.54, 1.807) is 25.1 Å². The lowest BCUT2D eigenvalue weighted by Gasteiger charge is -2.10. The van der Waals surface area contributed by atoms with Crippen LogP contribution < -0.4 is 20.3 Å². The maximum absolute atomic E-state index is 12.3. The van der Waals surface area contributed by atoms with Crippen molar-refractivity contribution >= 4 is 21.9 Å². The van der Waals surface area contributed by atoms with Gasteiger partial charge in [-0.25, -0.2) is 0 Å². The predicted octanol–water partition coefficient (Wildman–Crippen LogP) is 11.3. The van der Waals surface area contributed by atoms with Gasteiger partial charge in [0.15, 0.2) is 33.9 Å². The summed E-state index contributed by atoms with van der Waals surface area (Å²) in [6.07, 6.45) is 2.39. The van der Waals surface area contributed by atoms with Crippen LogP contribution in [-0.2, 0) is 6.42 Å². The number of ether oxygens (including phenoxy) is 2. The van der Waals surface area contributed by atoms with Gasteiger partial charge in [0.05, 0.1) is 14.2 Å². The lowest BCUT2D eigenvalue weighted by Crippen LogP contribution is -2.02. The molecule has 0 fully saturated rings. The summed E-state index contributed by atoms with van der Waals surface area (Å²) in [5.74, 6) is 0.0660. The molecule has 0 bridgehead atoms. The summed E-state index contributed by atoms with van der Waals surface area (Å²) in [4.78, 5) is 24.5. The second kappa shape index (κ2) is 21.3. The first kappa shape index (κ1) is 44.7. The molecule has 0 saturated carbocycles. The second-order valence-electron chi connectivity index (χ2n) is 11.8. The monoisotopic (exact) mass is 748 g/mol. The molecule has 0 aliphatic carbocycles. The lowest BCUT2D eigenvalue weighted by molar-refractivity contribution is 0.346. The minimum absolute atomic E-state index is 0. The van der Waals surface area contributed by atoms with Crippen molar-refractivity contribution in [3.63, 3.8) is 0 Å². The van der Waals surface area contributed by atoms with Gasteiger partial charge in [-0.3, -0.25) is 9.59 Å². The van der Waals surface area contributed by atoms with Gasteiger partial charge in [0.25, 0.3) is 0 Å². The highest BCUT2D eigenvalue weighted by Gasteiger charge is 2.19. The molecule has 0 radical (unpaired) electrons. The van der Waals surface area contributed by atoms with Gasteiger partial charge in [-0.15, -0.1) is 0 Å². The Morgan fingerprint density at radius 2 is 0.945 bits per heavy atom. The fourth-order valence-corrected chi connectivity index (χ4v) is 5.34. The van der Waals surface area contributed by atoms with E-state index in [-0.39, 0.29) is 53.9 Å². The summed E-state index contributed by atoms with van der Waals surface area (Å²) in [5, 5.41) is 30.1. The van der Waals surface area contributed by atoms with Crippen LogP contribution in [0.15, 0.2) is 134 Å². The molecule has 0 spiro atoms. The Kier molecular flexibility index (Phi) is 17.3. The van der Waals surface area contributed by atoms with Crippen molar-refractivity contribution in [1.29, 1.82) is 0 Å². The van der Waals surface area contributed by atoms with Crippen LogP contribution in [0.2, 0.25) is 0 Å². The zero-order valence-electron chi connectivity index (χ0n) is 30.7. The zero-order chi connectivity index (χ0) is 38.5. The number of aromatic hydroxyl groups is 3. The third kappa shape index (κ3) is 10.8. The molecule has 0 aliphatic heterocycles. The van der Waals surface area contributed by atoms with Crippen molar-refractivity contribution in [1.82, 2.24) is 0 Å². The van der Waals surface area contributed by atoms with Crippen LogP contribution in [0.4, 0.5) is 0 Å². The minimum atomic E-state index is -0.430. The van der Waals surface area contributed by atoms with E-state index in [0.717, 1.165) is 17.5 Å². The van der Waals surface area contributed by atoms with Crippen LogP contribution in [0.1, 0.15) is 53.2 Å². The molecule has 0 atom stereocenters. The summed E-state index contributed by atoms with van der Waals surface area (Å²) >= 11 is 0. The van der Waals surface area contributed by atoms with E-state index in [4.69, 9.17) is 18.3 Å². The van der Waals surface area contributed by atoms with Gasteiger partial charge < -0.3 is 33.6 Å². The first-order valence-corrected chi connectivity index (χ1v) is 17.1. The molecule has 5 aromatic carbocycles. The fourth-order valence-electron chi connectivity index (χ4n) is 5.34. The van der Waals surface area contributed by atoms with Gasteiger partial charge in [-0.2, -0.15) is 0 Å².